The Balaban J connectivity index is 1.62. The number of rotatable bonds is 4. The van der Waals surface area contributed by atoms with Gasteiger partial charge in [0.05, 0.1) is 24.9 Å². The summed E-state index contributed by atoms with van der Waals surface area (Å²) in [6.45, 7) is 6.11. The molecule has 28 heavy (non-hydrogen) atoms. The first-order chi connectivity index (χ1) is 13.5. The minimum Gasteiger partial charge on any atom is -0.373 e. The summed E-state index contributed by atoms with van der Waals surface area (Å²) in [6, 6.07) is 1.71. The van der Waals surface area contributed by atoms with Crippen LogP contribution in [0.4, 0.5) is 0 Å². The predicted octanol–water partition coefficient (Wildman–Crippen LogP) is 1.53. The molecule has 0 radical (unpaired) electrons. The van der Waals surface area contributed by atoms with Gasteiger partial charge in [0.25, 0.3) is 5.91 Å². The van der Waals surface area contributed by atoms with Gasteiger partial charge in [-0.2, -0.15) is 10.2 Å². The molecule has 2 atom stereocenters. The third-order valence-electron chi connectivity index (χ3n) is 5.90. The number of hydrogen-bond donors (Lipinski definition) is 0. The van der Waals surface area contributed by atoms with Crippen LogP contribution in [0.15, 0.2) is 18.5 Å². The molecule has 2 aliphatic rings. The van der Waals surface area contributed by atoms with Crippen molar-refractivity contribution in [3.63, 3.8) is 0 Å². The third-order valence-corrected chi connectivity index (χ3v) is 5.90. The highest BCUT2D eigenvalue weighted by molar-refractivity contribution is 5.92. The van der Waals surface area contributed by atoms with Crippen LogP contribution in [-0.4, -0.2) is 74.2 Å². The van der Waals surface area contributed by atoms with E-state index in [9.17, 15) is 4.79 Å². The molecule has 2 aromatic heterocycles. The van der Waals surface area contributed by atoms with E-state index in [0.29, 0.717) is 18.8 Å². The SMILES string of the molecule is Cc1cc(C(=O)N2CCO[C@@H](CN3CCCCC3)[C@@H]2c2cnn(C)c2)nn1C. The first-order valence-corrected chi connectivity index (χ1v) is 10.2. The standard InChI is InChI=1S/C20H30N6O2/c1-15-11-17(22-24(15)3)20(27)26-9-10-28-18(14-25-7-5-4-6-8-25)19(26)16-12-21-23(2)13-16/h11-13,18-19H,4-10,14H2,1-3H3/t18-,19-/m0/s1. The average Bonchev–Trinajstić information content (AvgIpc) is 3.27. The molecule has 2 aromatic rings. The number of hydrogen-bond acceptors (Lipinski definition) is 5. The maximum absolute atomic E-state index is 13.3. The zero-order valence-corrected chi connectivity index (χ0v) is 17.0. The van der Waals surface area contributed by atoms with Crippen molar-refractivity contribution >= 4 is 5.91 Å². The van der Waals surface area contributed by atoms with Crippen molar-refractivity contribution in [3.8, 4) is 0 Å². The molecule has 0 spiro atoms. The first kappa shape index (κ1) is 19.1. The molecule has 0 bridgehead atoms. The fourth-order valence-corrected chi connectivity index (χ4v) is 4.31. The lowest BCUT2D eigenvalue weighted by atomic mass is 9.99. The lowest BCUT2D eigenvalue weighted by Crippen LogP contribution is -2.52. The van der Waals surface area contributed by atoms with Gasteiger partial charge in [0.2, 0.25) is 0 Å². The van der Waals surface area contributed by atoms with Crippen molar-refractivity contribution < 1.29 is 9.53 Å². The largest absolute Gasteiger partial charge is 0.373 e. The maximum Gasteiger partial charge on any atom is 0.275 e. The van der Waals surface area contributed by atoms with E-state index in [-0.39, 0.29) is 18.1 Å². The van der Waals surface area contributed by atoms with Crippen LogP contribution in [0.5, 0.6) is 0 Å². The molecular weight excluding hydrogens is 356 g/mol. The van der Waals surface area contributed by atoms with Crippen LogP contribution < -0.4 is 0 Å². The van der Waals surface area contributed by atoms with E-state index in [1.54, 1.807) is 9.36 Å². The molecule has 4 heterocycles. The molecule has 2 aliphatic heterocycles. The van der Waals surface area contributed by atoms with Gasteiger partial charge in [-0.05, 0) is 38.9 Å². The average molecular weight is 387 g/mol. The van der Waals surface area contributed by atoms with Crippen LogP contribution in [0.3, 0.4) is 0 Å². The smallest absolute Gasteiger partial charge is 0.275 e. The highest BCUT2D eigenvalue weighted by atomic mass is 16.5. The fourth-order valence-electron chi connectivity index (χ4n) is 4.31. The molecule has 0 aromatic carbocycles. The van der Waals surface area contributed by atoms with Gasteiger partial charge in [-0.25, -0.2) is 0 Å². The normalized spacial score (nSPS) is 23.9. The Morgan fingerprint density at radius 1 is 1.21 bits per heavy atom. The lowest BCUT2D eigenvalue weighted by Gasteiger charge is -2.42. The lowest BCUT2D eigenvalue weighted by molar-refractivity contribution is -0.0743. The molecule has 8 heteroatoms. The summed E-state index contributed by atoms with van der Waals surface area (Å²) in [5.74, 6) is -0.0375. The van der Waals surface area contributed by atoms with E-state index in [0.717, 1.165) is 30.9 Å². The monoisotopic (exact) mass is 386 g/mol. The summed E-state index contributed by atoms with van der Waals surface area (Å²) in [6.07, 6.45) is 7.56. The van der Waals surface area contributed by atoms with Gasteiger partial charge < -0.3 is 14.5 Å². The number of ether oxygens (including phenoxy) is 1. The predicted molar refractivity (Wildman–Crippen MR) is 105 cm³/mol. The van der Waals surface area contributed by atoms with Gasteiger partial charge in [-0.15, -0.1) is 0 Å². The molecule has 0 unspecified atom stereocenters. The zero-order chi connectivity index (χ0) is 19.7. The van der Waals surface area contributed by atoms with Crippen LogP contribution in [0.2, 0.25) is 0 Å². The summed E-state index contributed by atoms with van der Waals surface area (Å²) in [4.78, 5) is 17.7. The summed E-state index contributed by atoms with van der Waals surface area (Å²) >= 11 is 0. The molecule has 2 saturated heterocycles. The van der Waals surface area contributed by atoms with E-state index < -0.39 is 0 Å². The number of carbonyl (C=O) groups excluding carboxylic acids is 1. The van der Waals surface area contributed by atoms with Crippen molar-refractivity contribution in [2.24, 2.45) is 14.1 Å². The van der Waals surface area contributed by atoms with Crippen LogP contribution >= 0.6 is 0 Å². The molecule has 1 amide bonds. The second-order valence-electron chi connectivity index (χ2n) is 7.96. The minimum absolute atomic E-state index is 0.0375. The summed E-state index contributed by atoms with van der Waals surface area (Å²) < 4.78 is 9.74. The molecule has 2 fully saturated rings. The Morgan fingerprint density at radius 2 is 2.00 bits per heavy atom. The Hall–Kier alpha value is -2.19. The van der Waals surface area contributed by atoms with Gasteiger partial charge in [0.15, 0.2) is 5.69 Å². The quantitative estimate of drug-likeness (QED) is 0.797. The van der Waals surface area contributed by atoms with Crippen molar-refractivity contribution in [2.75, 3.05) is 32.8 Å². The van der Waals surface area contributed by atoms with E-state index in [1.165, 1.54) is 19.3 Å². The number of amides is 1. The summed E-state index contributed by atoms with van der Waals surface area (Å²) in [5, 5.41) is 8.76. The molecule has 0 aliphatic carbocycles. The van der Waals surface area contributed by atoms with E-state index in [2.05, 4.69) is 15.1 Å². The Bertz CT molecular complexity index is 803. The number of aryl methyl sites for hydroxylation is 3. The van der Waals surface area contributed by atoms with Crippen LogP contribution in [0.25, 0.3) is 0 Å². The van der Waals surface area contributed by atoms with Gasteiger partial charge in [0, 0.05) is 44.6 Å². The van der Waals surface area contributed by atoms with Gasteiger partial charge in [0.1, 0.15) is 0 Å². The zero-order valence-electron chi connectivity index (χ0n) is 17.0. The molecule has 8 nitrogen and oxygen atoms in total. The van der Waals surface area contributed by atoms with Gasteiger partial charge in [-0.3, -0.25) is 14.2 Å². The van der Waals surface area contributed by atoms with Crippen LogP contribution in [0, 0.1) is 6.92 Å². The number of likely N-dealkylation sites (tertiary alicyclic amines) is 1. The van der Waals surface area contributed by atoms with Gasteiger partial charge >= 0.3 is 0 Å². The van der Waals surface area contributed by atoms with E-state index in [4.69, 9.17) is 4.74 Å². The minimum atomic E-state index is -0.154. The second-order valence-corrected chi connectivity index (χ2v) is 7.96. The Morgan fingerprint density at radius 3 is 2.64 bits per heavy atom. The number of carbonyl (C=O) groups is 1. The fraction of sp³-hybridized carbons (Fsp3) is 0.650. The molecule has 4 rings (SSSR count). The van der Waals surface area contributed by atoms with E-state index >= 15 is 0 Å². The highest BCUT2D eigenvalue weighted by Gasteiger charge is 2.39. The maximum atomic E-state index is 13.3. The van der Waals surface area contributed by atoms with Crippen molar-refractivity contribution in [2.45, 2.75) is 38.3 Å². The number of aromatic nitrogens is 4. The van der Waals surface area contributed by atoms with Crippen molar-refractivity contribution in [1.82, 2.24) is 29.4 Å². The molecule has 0 N–H and O–H groups in total. The number of nitrogens with zero attached hydrogens (tertiary/aromatic N) is 6. The van der Waals surface area contributed by atoms with Crippen molar-refractivity contribution in [3.05, 3.63) is 35.4 Å². The molecule has 0 saturated carbocycles. The van der Waals surface area contributed by atoms with Crippen LogP contribution in [-0.2, 0) is 18.8 Å². The Labute approximate surface area is 166 Å². The van der Waals surface area contributed by atoms with Crippen molar-refractivity contribution in [1.29, 1.82) is 0 Å². The topological polar surface area (TPSA) is 68.4 Å². The van der Waals surface area contributed by atoms with Gasteiger partial charge in [-0.1, -0.05) is 6.42 Å². The number of morpholine rings is 1. The highest BCUT2D eigenvalue weighted by Crippen LogP contribution is 2.31. The molecule has 152 valence electrons. The third kappa shape index (κ3) is 3.84. The molecular formula is C20H30N6O2. The van der Waals surface area contributed by atoms with E-state index in [1.807, 2.05) is 44.4 Å². The first-order valence-electron chi connectivity index (χ1n) is 10.2. The Kier molecular flexibility index (Phi) is 5.50. The number of piperidine rings is 1. The van der Waals surface area contributed by atoms with Crippen LogP contribution in [0.1, 0.15) is 47.1 Å². The summed E-state index contributed by atoms with van der Waals surface area (Å²) in [5.41, 5.74) is 2.48. The second kappa shape index (κ2) is 8.05. The summed E-state index contributed by atoms with van der Waals surface area (Å²) in [7, 11) is 3.77.